The first-order chi connectivity index (χ1) is 13.1. The van der Waals surface area contributed by atoms with E-state index in [0.717, 1.165) is 0 Å². The monoisotopic (exact) mass is 528 g/mol. The summed E-state index contributed by atoms with van der Waals surface area (Å²) in [6.07, 6.45) is 0. The summed E-state index contributed by atoms with van der Waals surface area (Å²) in [6, 6.07) is 0. The Morgan fingerprint density at radius 2 is 0.621 bits per heavy atom. The Hall–Kier alpha value is -0.303. The number of rotatable bonds is 16. The van der Waals surface area contributed by atoms with Gasteiger partial charge < -0.3 is 20.4 Å². The lowest BCUT2D eigenvalue weighted by atomic mass is 10.9. The Labute approximate surface area is 168 Å². The van der Waals surface area contributed by atoms with E-state index in [1.54, 1.807) is 0 Å². The van der Waals surface area contributed by atoms with Crippen molar-refractivity contribution < 1.29 is 69.6 Å². The highest BCUT2D eigenvalue weighted by molar-refractivity contribution is 7.92. The van der Waals surface area contributed by atoms with Crippen molar-refractivity contribution in [3.63, 3.8) is 0 Å². The van der Waals surface area contributed by atoms with Crippen molar-refractivity contribution in [2.24, 2.45) is 0 Å². The minimum absolute atomic E-state index is 1.12. The van der Waals surface area contributed by atoms with Crippen molar-refractivity contribution in [2.75, 3.05) is 49.4 Å². The van der Waals surface area contributed by atoms with Crippen LogP contribution in [0, 0.1) is 0 Å². The van der Waals surface area contributed by atoms with Crippen LogP contribution in [0.15, 0.2) is 0 Å². The minimum atomic E-state index is -6.28. The lowest BCUT2D eigenvalue weighted by Crippen LogP contribution is -2.55. The Kier molecular flexibility index (Phi) is 11.2. The van der Waals surface area contributed by atoms with Gasteiger partial charge in [-0.15, -0.1) is 0 Å². The normalized spacial score (nSPS) is 14.2. The summed E-state index contributed by atoms with van der Waals surface area (Å²) in [7, 11) is -26.7. The van der Waals surface area contributed by atoms with Gasteiger partial charge in [0.2, 0.25) is 0 Å². The molecule has 0 aliphatic rings. The van der Waals surface area contributed by atoms with E-state index in [0.29, 0.717) is 0 Å². The van der Waals surface area contributed by atoms with Gasteiger partial charge in [0, 0.05) is 0 Å². The molecule has 0 spiro atoms. The third kappa shape index (κ3) is 11.6. The second-order valence-electron chi connectivity index (χ2n) is 4.77. The zero-order valence-electron chi connectivity index (χ0n) is 14.5. The molecule has 176 valence electrons. The first-order valence-electron chi connectivity index (χ1n) is 7.24. The summed E-state index contributed by atoms with van der Waals surface area (Å²) in [4.78, 5) is 0. The Morgan fingerprint density at radius 3 is 0.759 bits per heavy atom. The van der Waals surface area contributed by atoms with Crippen molar-refractivity contribution in [2.45, 2.75) is 0 Å². The molecular formula is C8H20O16S4Si. The standard InChI is InChI=1S/C8H20O16S4Si/c9-1-5-25(13,14)21-29(22-26(15,16)6-2-10,23-27(17,18)7-3-11)24-28(19,20)8-4-12/h9-12H,1-8H2. The summed E-state index contributed by atoms with van der Waals surface area (Å²) in [5.74, 6) is -5.12. The van der Waals surface area contributed by atoms with Gasteiger partial charge in [0.15, 0.2) is 0 Å². The highest BCUT2D eigenvalue weighted by Gasteiger charge is 2.61. The summed E-state index contributed by atoms with van der Waals surface area (Å²) in [5, 5.41) is 34.9. The van der Waals surface area contributed by atoms with Gasteiger partial charge >= 0.3 is 9.05 Å². The lowest BCUT2D eigenvalue weighted by molar-refractivity contribution is 0.172. The summed E-state index contributed by atoms with van der Waals surface area (Å²) in [6.45, 7) is -4.49. The van der Waals surface area contributed by atoms with E-state index < -0.39 is 99.0 Å². The van der Waals surface area contributed by atoms with Gasteiger partial charge in [0.25, 0.3) is 40.5 Å². The number of aliphatic hydroxyl groups is 4. The molecule has 21 heteroatoms. The van der Waals surface area contributed by atoms with Crippen molar-refractivity contribution in [1.82, 2.24) is 0 Å². The van der Waals surface area contributed by atoms with E-state index in [9.17, 15) is 33.7 Å². The fourth-order valence-corrected chi connectivity index (χ4v) is 10.7. The Bertz CT molecular complexity index is 762. The number of hydrogen-bond acceptors (Lipinski definition) is 16. The maximum Gasteiger partial charge on any atom is 0.739 e. The molecule has 0 aliphatic carbocycles. The van der Waals surface area contributed by atoms with Crippen molar-refractivity contribution in [1.29, 1.82) is 0 Å². The number of aliphatic hydroxyl groups excluding tert-OH is 4. The van der Waals surface area contributed by atoms with Gasteiger partial charge in [0.1, 0.15) is 0 Å². The molecule has 0 aromatic carbocycles. The molecule has 0 rings (SSSR count). The molecule has 0 saturated heterocycles. The molecule has 0 saturated carbocycles. The first-order valence-corrected chi connectivity index (χ1v) is 15.2. The quantitative estimate of drug-likeness (QED) is 0.136. The van der Waals surface area contributed by atoms with Crippen LogP contribution in [0.3, 0.4) is 0 Å². The van der Waals surface area contributed by atoms with Crippen LogP contribution < -0.4 is 0 Å². The zero-order valence-corrected chi connectivity index (χ0v) is 18.7. The highest BCUT2D eigenvalue weighted by Crippen LogP contribution is 2.24. The fraction of sp³-hybridized carbons (Fsp3) is 1.00. The van der Waals surface area contributed by atoms with E-state index in [1.165, 1.54) is 0 Å². The molecule has 0 radical (unpaired) electrons. The minimum Gasteiger partial charge on any atom is -0.395 e. The lowest BCUT2D eigenvalue weighted by Gasteiger charge is -2.25. The average Bonchev–Trinajstić information content (AvgIpc) is 2.43. The van der Waals surface area contributed by atoms with Gasteiger partial charge in [-0.25, -0.2) is 49.2 Å². The van der Waals surface area contributed by atoms with Crippen LogP contribution >= 0.6 is 0 Å². The molecule has 29 heavy (non-hydrogen) atoms. The second-order valence-corrected chi connectivity index (χ2v) is 14.5. The topological polar surface area (TPSA) is 254 Å². The van der Waals surface area contributed by atoms with Crippen LogP contribution in [-0.4, -0.2) is 113 Å². The smallest absolute Gasteiger partial charge is 0.395 e. The predicted molar refractivity (Wildman–Crippen MR) is 93.6 cm³/mol. The summed E-state index contributed by atoms with van der Waals surface area (Å²) >= 11 is 0. The summed E-state index contributed by atoms with van der Waals surface area (Å²) < 4.78 is 112. The highest BCUT2D eigenvalue weighted by atomic mass is 32.2. The molecule has 0 aromatic rings. The summed E-state index contributed by atoms with van der Waals surface area (Å²) in [5.41, 5.74) is 0. The zero-order chi connectivity index (χ0) is 23.0. The molecule has 0 amide bonds. The third-order valence-electron chi connectivity index (χ3n) is 2.28. The Balaban J connectivity index is 6.58. The molecule has 0 aromatic heterocycles. The molecule has 0 aliphatic heterocycles. The van der Waals surface area contributed by atoms with Crippen LogP contribution in [0.1, 0.15) is 0 Å². The Morgan fingerprint density at radius 1 is 0.448 bits per heavy atom. The molecule has 0 bridgehead atoms. The molecule has 0 atom stereocenters. The molecule has 0 unspecified atom stereocenters. The predicted octanol–water partition coefficient (Wildman–Crippen LogP) is -5.22. The fourth-order valence-electron chi connectivity index (χ4n) is 1.32. The van der Waals surface area contributed by atoms with Crippen LogP contribution in [0.4, 0.5) is 0 Å². The van der Waals surface area contributed by atoms with Gasteiger partial charge in [-0.2, -0.15) is 0 Å². The maximum absolute atomic E-state index is 11.9. The van der Waals surface area contributed by atoms with E-state index in [1.807, 2.05) is 0 Å². The van der Waals surface area contributed by atoms with Crippen LogP contribution in [0.5, 0.6) is 0 Å². The average molecular weight is 529 g/mol. The van der Waals surface area contributed by atoms with Crippen molar-refractivity contribution in [3.8, 4) is 0 Å². The van der Waals surface area contributed by atoms with Crippen LogP contribution in [0.2, 0.25) is 0 Å². The first kappa shape index (κ1) is 28.7. The molecule has 0 heterocycles. The van der Waals surface area contributed by atoms with Crippen molar-refractivity contribution in [3.05, 3.63) is 0 Å². The molecule has 16 nitrogen and oxygen atoms in total. The molecule has 0 fully saturated rings. The van der Waals surface area contributed by atoms with Gasteiger partial charge in [-0.1, -0.05) is 0 Å². The van der Waals surface area contributed by atoms with E-state index >= 15 is 0 Å². The third-order valence-corrected chi connectivity index (χ3v) is 12.3. The largest absolute Gasteiger partial charge is 0.739 e. The van der Waals surface area contributed by atoms with Gasteiger partial charge in [0.05, 0.1) is 49.4 Å². The van der Waals surface area contributed by atoms with Gasteiger partial charge in [-0.05, 0) is 0 Å². The van der Waals surface area contributed by atoms with E-state index in [2.05, 4.69) is 15.5 Å². The maximum atomic E-state index is 11.9. The second kappa shape index (κ2) is 11.4. The van der Waals surface area contributed by atoms with Crippen molar-refractivity contribution >= 4 is 49.5 Å². The van der Waals surface area contributed by atoms with Gasteiger partial charge in [-0.3, -0.25) is 0 Å². The molecular weight excluding hydrogens is 508 g/mol. The van der Waals surface area contributed by atoms with E-state index in [-0.39, 0.29) is 0 Å². The van der Waals surface area contributed by atoms with Crippen LogP contribution in [-0.2, 0) is 56.0 Å². The molecule has 4 N–H and O–H groups in total. The van der Waals surface area contributed by atoms with Crippen LogP contribution in [0.25, 0.3) is 0 Å². The number of hydrogen-bond donors (Lipinski definition) is 4. The SMILES string of the molecule is O=S(=O)(CCO)O[Si](OS(=O)(=O)CCO)(OS(=O)(=O)CCO)OS(=O)(=O)CCO. The van der Waals surface area contributed by atoms with E-state index in [4.69, 9.17) is 20.4 Å².